The second kappa shape index (κ2) is 10.8. The topological polar surface area (TPSA) is 71.9 Å². The fraction of sp³-hybridized carbons (Fsp3) is 0.267. The Morgan fingerprint density at radius 3 is 2.61 bits per heavy atom. The van der Waals surface area contributed by atoms with Crippen LogP contribution in [0.2, 0.25) is 0 Å². The van der Waals surface area contributed by atoms with Crippen LogP contribution in [0.15, 0.2) is 85.1 Å². The van der Waals surface area contributed by atoms with Crippen LogP contribution in [0.1, 0.15) is 42.0 Å². The van der Waals surface area contributed by atoms with E-state index in [0.29, 0.717) is 31.1 Å². The molecule has 0 bridgehead atoms. The Labute approximate surface area is 211 Å². The molecule has 4 aromatic rings. The van der Waals surface area contributed by atoms with Crippen molar-refractivity contribution >= 4 is 16.9 Å². The van der Waals surface area contributed by atoms with E-state index < -0.39 is 12.0 Å². The quantitative estimate of drug-likeness (QED) is 0.340. The molecule has 1 fully saturated rings. The first-order chi connectivity index (χ1) is 17.6. The molecule has 6 heteroatoms. The van der Waals surface area contributed by atoms with Crippen molar-refractivity contribution in [2.24, 2.45) is 0 Å². The number of aromatic nitrogens is 1. The lowest BCUT2D eigenvalue weighted by Crippen LogP contribution is -2.46. The number of rotatable bonds is 8. The number of carbonyl (C=O) groups is 1. The van der Waals surface area contributed by atoms with Gasteiger partial charge in [0.05, 0.1) is 18.7 Å². The number of hydrogen-bond donors (Lipinski definition) is 1. The molecule has 1 aliphatic rings. The van der Waals surface area contributed by atoms with Gasteiger partial charge in [0, 0.05) is 11.6 Å². The van der Waals surface area contributed by atoms with Crippen molar-refractivity contribution in [3.05, 3.63) is 102 Å². The molecule has 0 spiro atoms. The summed E-state index contributed by atoms with van der Waals surface area (Å²) in [6.45, 7) is 1.13. The minimum absolute atomic E-state index is 0.277. The number of ether oxygens (including phenoxy) is 2. The van der Waals surface area contributed by atoms with Crippen molar-refractivity contribution < 1.29 is 19.4 Å². The van der Waals surface area contributed by atoms with E-state index in [1.54, 1.807) is 7.11 Å². The highest BCUT2D eigenvalue weighted by Gasteiger charge is 2.35. The number of benzene rings is 3. The molecule has 2 heterocycles. The predicted octanol–water partition coefficient (Wildman–Crippen LogP) is 5.85. The Morgan fingerprint density at radius 1 is 1.00 bits per heavy atom. The molecule has 3 aromatic carbocycles. The fourth-order valence-electron chi connectivity index (χ4n) is 5.05. The van der Waals surface area contributed by atoms with E-state index in [4.69, 9.17) is 9.47 Å². The maximum atomic E-state index is 12.2. The van der Waals surface area contributed by atoms with Crippen LogP contribution in [-0.4, -0.2) is 40.7 Å². The maximum absolute atomic E-state index is 12.2. The van der Waals surface area contributed by atoms with E-state index in [1.807, 2.05) is 79.0 Å². The summed E-state index contributed by atoms with van der Waals surface area (Å²) >= 11 is 0. The zero-order chi connectivity index (χ0) is 24.9. The van der Waals surface area contributed by atoms with Crippen LogP contribution in [0.4, 0.5) is 0 Å². The third kappa shape index (κ3) is 5.04. The number of piperidine rings is 1. The lowest BCUT2D eigenvalue weighted by molar-refractivity contribution is -0.145. The van der Waals surface area contributed by atoms with Crippen LogP contribution in [0.5, 0.6) is 11.5 Å². The number of aliphatic carboxylic acids is 1. The molecule has 5 rings (SSSR count). The van der Waals surface area contributed by atoms with E-state index in [2.05, 4.69) is 16.0 Å². The van der Waals surface area contributed by atoms with Gasteiger partial charge in [0.15, 0.2) is 11.5 Å². The number of carboxylic acids is 1. The normalized spacial score (nSPS) is 17.0. The van der Waals surface area contributed by atoms with Gasteiger partial charge in [-0.3, -0.25) is 14.7 Å². The van der Waals surface area contributed by atoms with Crippen LogP contribution < -0.4 is 9.47 Å². The molecule has 2 atom stereocenters. The van der Waals surface area contributed by atoms with Crippen LogP contribution in [0.25, 0.3) is 10.9 Å². The van der Waals surface area contributed by atoms with Crippen molar-refractivity contribution in [1.82, 2.24) is 9.88 Å². The minimum atomic E-state index is -0.789. The number of methoxy groups -OCH3 is 1. The van der Waals surface area contributed by atoms with E-state index in [1.165, 1.54) is 0 Å². The first-order valence-corrected chi connectivity index (χ1v) is 12.3. The standard InChI is InChI=1S/C30H30N2O4/c1-35-28-18-23(14-15-27(28)36-20-21-9-3-2-4-10-21)29(32-16-8-7-13-26(32)30(33)34)24-17-22-11-5-6-12-25(22)31-19-24/h2-6,9-12,14-15,17-19,26,29H,7-8,13,16,20H2,1H3,(H,33,34). The average molecular weight is 483 g/mol. The zero-order valence-electron chi connectivity index (χ0n) is 20.3. The molecule has 1 aromatic heterocycles. The Balaban J connectivity index is 1.54. The molecule has 1 aliphatic heterocycles. The summed E-state index contributed by atoms with van der Waals surface area (Å²) in [6.07, 6.45) is 4.36. The zero-order valence-corrected chi connectivity index (χ0v) is 20.3. The summed E-state index contributed by atoms with van der Waals surface area (Å²) in [4.78, 5) is 19.0. The van der Waals surface area contributed by atoms with Crippen LogP contribution in [0.3, 0.4) is 0 Å². The lowest BCUT2D eigenvalue weighted by atomic mass is 9.91. The summed E-state index contributed by atoms with van der Waals surface area (Å²) in [5.74, 6) is 0.475. The van der Waals surface area contributed by atoms with E-state index >= 15 is 0 Å². The molecule has 0 radical (unpaired) electrons. The number of para-hydroxylation sites is 1. The summed E-state index contributed by atoms with van der Waals surface area (Å²) in [5.41, 5.74) is 3.89. The lowest BCUT2D eigenvalue weighted by Gasteiger charge is -2.39. The van der Waals surface area contributed by atoms with Gasteiger partial charge in [-0.15, -0.1) is 0 Å². The average Bonchev–Trinajstić information content (AvgIpc) is 2.93. The number of carboxylic acid groups (broad SMARTS) is 1. The maximum Gasteiger partial charge on any atom is 0.320 e. The van der Waals surface area contributed by atoms with Crippen molar-refractivity contribution in [2.75, 3.05) is 13.7 Å². The van der Waals surface area contributed by atoms with Gasteiger partial charge in [-0.25, -0.2) is 0 Å². The molecule has 1 N–H and O–H groups in total. The molecule has 0 aliphatic carbocycles. The first-order valence-electron chi connectivity index (χ1n) is 12.3. The Kier molecular flexibility index (Phi) is 7.14. The number of likely N-dealkylation sites (tertiary alicyclic amines) is 1. The smallest absolute Gasteiger partial charge is 0.320 e. The van der Waals surface area contributed by atoms with E-state index in [-0.39, 0.29) is 6.04 Å². The summed E-state index contributed by atoms with van der Waals surface area (Å²) in [5, 5.41) is 11.1. The molecule has 0 amide bonds. The fourth-order valence-corrected chi connectivity index (χ4v) is 5.05. The monoisotopic (exact) mass is 482 g/mol. The Morgan fingerprint density at radius 2 is 1.81 bits per heavy atom. The van der Waals surface area contributed by atoms with Gasteiger partial charge >= 0.3 is 5.97 Å². The van der Waals surface area contributed by atoms with Crippen LogP contribution >= 0.6 is 0 Å². The second-order valence-electron chi connectivity index (χ2n) is 9.14. The molecule has 2 unspecified atom stereocenters. The molecule has 6 nitrogen and oxygen atoms in total. The first kappa shape index (κ1) is 23.8. The van der Waals surface area contributed by atoms with Gasteiger partial charge in [-0.1, -0.05) is 61.0 Å². The Hall–Kier alpha value is -3.90. The van der Waals surface area contributed by atoms with Gasteiger partial charge in [0.25, 0.3) is 0 Å². The highest BCUT2D eigenvalue weighted by molar-refractivity contribution is 5.79. The molecular formula is C30H30N2O4. The van der Waals surface area contributed by atoms with Crippen molar-refractivity contribution in [3.8, 4) is 11.5 Å². The summed E-state index contributed by atoms with van der Waals surface area (Å²) in [6, 6.07) is 25.1. The van der Waals surface area contributed by atoms with Crippen molar-refractivity contribution in [2.45, 2.75) is 38.0 Å². The summed E-state index contributed by atoms with van der Waals surface area (Å²) in [7, 11) is 1.63. The molecule has 0 saturated carbocycles. The third-order valence-electron chi connectivity index (χ3n) is 6.83. The van der Waals surface area contributed by atoms with Crippen LogP contribution in [-0.2, 0) is 11.4 Å². The number of fused-ring (bicyclic) bond motifs is 1. The minimum Gasteiger partial charge on any atom is -0.493 e. The largest absolute Gasteiger partial charge is 0.493 e. The van der Waals surface area contributed by atoms with Gasteiger partial charge < -0.3 is 14.6 Å². The van der Waals surface area contributed by atoms with Gasteiger partial charge in [-0.2, -0.15) is 0 Å². The van der Waals surface area contributed by atoms with Gasteiger partial charge in [-0.05, 0) is 60.3 Å². The molecular weight excluding hydrogens is 452 g/mol. The van der Waals surface area contributed by atoms with Gasteiger partial charge in [0.1, 0.15) is 12.6 Å². The highest BCUT2D eigenvalue weighted by atomic mass is 16.5. The number of pyridine rings is 1. The molecule has 36 heavy (non-hydrogen) atoms. The van der Waals surface area contributed by atoms with E-state index in [9.17, 15) is 9.90 Å². The van der Waals surface area contributed by atoms with E-state index in [0.717, 1.165) is 40.4 Å². The van der Waals surface area contributed by atoms with Crippen LogP contribution in [0, 0.1) is 0 Å². The Bertz CT molecular complexity index is 1340. The number of hydrogen-bond acceptors (Lipinski definition) is 5. The molecule has 184 valence electrons. The molecule has 1 saturated heterocycles. The van der Waals surface area contributed by atoms with Crippen molar-refractivity contribution in [3.63, 3.8) is 0 Å². The second-order valence-corrected chi connectivity index (χ2v) is 9.14. The number of nitrogens with zero attached hydrogens (tertiary/aromatic N) is 2. The van der Waals surface area contributed by atoms with Gasteiger partial charge in [0.2, 0.25) is 0 Å². The predicted molar refractivity (Wildman–Crippen MR) is 139 cm³/mol. The van der Waals surface area contributed by atoms with Crippen molar-refractivity contribution in [1.29, 1.82) is 0 Å². The SMILES string of the molecule is COc1cc(C(c2cnc3ccccc3c2)N2CCCCC2C(=O)O)ccc1OCc1ccccc1. The highest BCUT2D eigenvalue weighted by Crippen LogP contribution is 2.39. The third-order valence-corrected chi connectivity index (χ3v) is 6.83. The summed E-state index contributed by atoms with van der Waals surface area (Å²) < 4.78 is 11.8.